The van der Waals surface area contributed by atoms with E-state index in [1.54, 1.807) is 0 Å². The quantitative estimate of drug-likeness (QED) is 0.934. The highest BCUT2D eigenvalue weighted by atomic mass is 19.4. The minimum absolute atomic E-state index is 0.0648. The number of nitrogens with one attached hydrogen (secondary N) is 1. The summed E-state index contributed by atoms with van der Waals surface area (Å²) in [5, 5.41) is 2.49. The first-order chi connectivity index (χ1) is 9.91. The number of hydrogen-bond acceptors (Lipinski definition) is 3. The molecule has 21 heavy (non-hydrogen) atoms. The summed E-state index contributed by atoms with van der Waals surface area (Å²) in [7, 11) is 1.44. The number of halogens is 3. The number of carbonyl (C=O) groups is 1. The Kier molecular flexibility index (Phi) is 4.69. The van der Waals surface area contributed by atoms with E-state index in [0.717, 1.165) is 0 Å². The molecule has 0 aromatic carbocycles. The molecule has 1 aromatic rings. The van der Waals surface area contributed by atoms with Gasteiger partial charge in [0.25, 0.3) is 5.91 Å². The van der Waals surface area contributed by atoms with Gasteiger partial charge in [-0.05, 0) is 18.9 Å². The highest BCUT2D eigenvalue weighted by Gasteiger charge is 2.45. The average Bonchev–Trinajstić information content (AvgIpc) is 2.47. The fourth-order valence-corrected chi connectivity index (χ4v) is 2.58. The van der Waals surface area contributed by atoms with E-state index < -0.39 is 24.0 Å². The van der Waals surface area contributed by atoms with Crippen LogP contribution < -0.4 is 10.1 Å². The predicted molar refractivity (Wildman–Crippen MR) is 70.1 cm³/mol. The van der Waals surface area contributed by atoms with E-state index in [1.165, 1.54) is 25.4 Å². The lowest BCUT2D eigenvalue weighted by Crippen LogP contribution is -2.47. The molecule has 1 heterocycles. The van der Waals surface area contributed by atoms with Crippen molar-refractivity contribution in [3.8, 4) is 5.88 Å². The zero-order valence-electron chi connectivity index (χ0n) is 11.6. The summed E-state index contributed by atoms with van der Waals surface area (Å²) in [4.78, 5) is 15.9. The monoisotopic (exact) mass is 302 g/mol. The molecule has 1 aromatic heterocycles. The summed E-state index contributed by atoms with van der Waals surface area (Å²) in [5.74, 6) is -1.66. The number of carbonyl (C=O) groups excluding carboxylic acids is 1. The van der Waals surface area contributed by atoms with E-state index in [2.05, 4.69) is 10.3 Å². The third kappa shape index (κ3) is 3.86. The van der Waals surface area contributed by atoms with Crippen molar-refractivity contribution in [2.75, 3.05) is 7.11 Å². The topological polar surface area (TPSA) is 51.2 Å². The lowest BCUT2D eigenvalue weighted by molar-refractivity contribution is -0.187. The lowest BCUT2D eigenvalue weighted by Gasteiger charge is -2.33. The largest absolute Gasteiger partial charge is 0.481 e. The molecule has 1 N–H and O–H groups in total. The second-order valence-corrected chi connectivity index (χ2v) is 5.10. The predicted octanol–water partition coefficient (Wildman–Crippen LogP) is 2.94. The molecule has 1 fully saturated rings. The van der Waals surface area contributed by atoms with Crippen LogP contribution in [0.5, 0.6) is 5.88 Å². The number of alkyl halides is 3. The van der Waals surface area contributed by atoms with Crippen LogP contribution in [0.1, 0.15) is 36.0 Å². The van der Waals surface area contributed by atoms with Crippen molar-refractivity contribution in [3.05, 3.63) is 23.9 Å². The number of aromatic nitrogens is 1. The number of amides is 1. The second-order valence-electron chi connectivity index (χ2n) is 5.10. The average molecular weight is 302 g/mol. The van der Waals surface area contributed by atoms with Gasteiger partial charge in [-0.25, -0.2) is 4.98 Å². The molecule has 0 spiro atoms. The van der Waals surface area contributed by atoms with E-state index in [9.17, 15) is 18.0 Å². The maximum absolute atomic E-state index is 13.0. The van der Waals surface area contributed by atoms with Crippen molar-refractivity contribution >= 4 is 5.91 Å². The molecule has 7 heteroatoms. The minimum Gasteiger partial charge on any atom is -0.481 e. The fourth-order valence-electron chi connectivity index (χ4n) is 2.58. The van der Waals surface area contributed by atoms with Crippen LogP contribution >= 0.6 is 0 Å². The van der Waals surface area contributed by atoms with Gasteiger partial charge in [0.2, 0.25) is 5.88 Å². The fraction of sp³-hybridized carbons (Fsp3) is 0.571. The zero-order valence-corrected chi connectivity index (χ0v) is 11.6. The first kappa shape index (κ1) is 15.6. The van der Waals surface area contributed by atoms with Crippen molar-refractivity contribution in [1.29, 1.82) is 0 Å². The van der Waals surface area contributed by atoms with Crippen molar-refractivity contribution in [3.63, 3.8) is 0 Å². The molecule has 2 rings (SSSR count). The molecule has 0 saturated heterocycles. The van der Waals surface area contributed by atoms with Gasteiger partial charge < -0.3 is 10.1 Å². The Morgan fingerprint density at radius 1 is 1.33 bits per heavy atom. The third-order valence-electron chi connectivity index (χ3n) is 3.71. The summed E-state index contributed by atoms with van der Waals surface area (Å²) < 4.78 is 43.8. The van der Waals surface area contributed by atoms with Gasteiger partial charge in [-0.2, -0.15) is 13.2 Å². The van der Waals surface area contributed by atoms with E-state index in [0.29, 0.717) is 25.1 Å². The normalized spacial score (nSPS) is 22.7. The highest BCUT2D eigenvalue weighted by Crippen LogP contribution is 2.37. The molecule has 1 saturated carbocycles. The number of rotatable bonds is 3. The Hall–Kier alpha value is -1.79. The number of nitrogens with zero attached hydrogens (tertiary/aromatic N) is 1. The standard InChI is InChI=1S/C14H17F3N2O2/c1-21-12-7-6-9(8-18-12)13(20)19-11-5-3-2-4-10(11)14(15,16)17/h6-8,10-11H,2-5H2,1H3,(H,19,20)/t10-,11+/m0/s1. The van der Waals surface area contributed by atoms with Gasteiger partial charge in [0, 0.05) is 18.3 Å². The first-order valence-corrected chi connectivity index (χ1v) is 6.79. The number of ether oxygens (including phenoxy) is 1. The third-order valence-corrected chi connectivity index (χ3v) is 3.71. The van der Waals surface area contributed by atoms with Gasteiger partial charge in [-0.3, -0.25) is 4.79 Å². The Morgan fingerprint density at radius 2 is 2.05 bits per heavy atom. The molecule has 0 bridgehead atoms. The maximum Gasteiger partial charge on any atom is 0.393 e. The van der Waals surface area contributed by atoms with Gasteiger partial charge in [0.1, 0.15) is 0 Å². The molecule has 1 amide bonds. The molecule has 0 radical (unpaired) electrons. The molecule has 0 unspecified atom stereocenters. The zero-order chi connectivity index (χ0) is 15.5. The molecule has 1 aliphatic rings. The van der Waals surface area contributed by atoms with Crippen LogP contribution in [0.2, 0.25) is 0 Å². The summed E-state index contributed by atoms with van der Waals surface area (Å²) in [6.45, 7) is 0. The van der Waals surface area contributed by atoms with Crippen LogP contribution in [0, 0.1) is 5.92 Å². The number of pyridine rings is 1. The van der Waals surface area contributed by atoms with Crippen LogP contribution in [0.3, 0.4) is 0 Å². The van der Waals surface area contributed by atoms with Gasteiger partial charge >= 0.3 is 6.18 Å². The molecular weight excluding hydrogens is 285 g/mol. The minimum atomic E-state index is -4.28. The van der Waals surface area contributed by atoms with Gasteiger partial charge in [-0.15, -0.1) is 0 Å². The summed E-state index contributed by atoms with van der Waals surface area (Å²) >= 11 is 0. The molecular formula is C14H17F3N2O2. The summed E-state index contributed by atoms with van der Waals surface area (Å²) in [5.41, 5.74) is 0.224. The highest BCUT2D eigenvalue weighted by molar-refractivity contribution is 5.94. The van der Waals surface area contributed by atoms with Crippen LogP contribution in [0.25, 0.3) is 0 Å². The number of methoxy groups -OCH3 is 1. The van der Waals surface area contributed by atoms with Gasteiger partial charge in [0.05, 0.1) is 18.6 Å². The number of hydrogen-bond donors (Lipinski definition) is 1. The van der Waals surface area contributed by atoms with Crippen LogP contribution in [-0.2, 0) is 0 Å². The molecule has 4 nitrogen and oxygen atoms in total. The summed E-state index contributed by atoms with van der Waals surface area (Å²) in [6.07, 6.45) is -1.34. The van der Waals surface area contributed by atoms with Crippen molar-refractivity contribution in [1.82, 2.24) is 10.3 Å². The second kappa shape index (κ2) is 6.32. The van der Waals surface area contributed by atoms with Gasteiger partial charge in [0.15, 0.2) is 0 Å². The van der Waals surface area contributed by atoms with E-state index >= 15 is 0 Å². The van der Waals surface area contributed by atoms with Crippen molar-refractivity contribution in [2.24, 2.45) is 5.92 Å². The van der Waals surface area contributed by atoms with Crippen LogP contribution in [0.15, 0.2) is 18.3 Å². The smallest absolute Gasteiger partial charge is 0.393 e. The molecule has 1 aliphatic carbocycles. The maximum atomic E-state index is 13.0. The van der Waals surface area contributed by atoms with Crippen molar-refractivity contribution < 1.29 is 22.7 Å². The Balaban J connectivity index is 2.05. The van der Waals surface area contributed by atoms with Crippen LogP contribution in [-0.4, -0.2) is 30.2 Å². The SMILES string of the molecule is COc1ccc(C(=O)N[C@@H]2CCCC[C@@H]2C(F)(F)F)cn1. The Bertz CT molecular complexity index is 488. The Morgan fingerprint density at radius 3 is 2.62 bits per heavy atom. The van der Waals surface area contributed by atoms with Crippen LogP contribution in [0.4, 0.5) is 13.2 Å². The first-order valence-electron chi connectivity index (χ1n) is 6.79. The molecule has 2 atom stereocenters. The van der Waals surface area contributed by atoms with E-state index in [4.69, 9.17) is 4.74 Å². The van der Waals surface area contributed by atoms with Crippen molar-refractivity contribution in [2.45, 2.75) is 37.9 Å². The molecule has 0 aliphatic heterocycles. The van der Waals surface area contributed by atoms with E-state index in [-0.39, 0.29) is 12.0 Å². The lowest BCUT2D eigenvalue weighted by atomic mass is 9.84. The summed E-state index contributed by atoms with van der Waals surface area (Å²) in [6, 6.07) is 2.11. The molecule has 116 valence electrons. The Labute approximate surface area is 120 Å². The van der Waals surface area contributed by atoms with Gasteiger partial charge in [-0.1, -0.05) is 12.8 Å². The van der Waals surface area contributed by atoms with E-state index in [1.807, 2.05) is 0 Å².